The van der Waals surface area contributed by atoms with Crippen LogP contribution >= 0.6 is 35.3 Å². The van der Waals surface area contributed by atoms with Crippen LogP contribution in [0.25, 0.3) is 33.4 Å². The van der Waals surface area contributed by atoms with E-state index in [2.05, 4.69) is 15.0 Å². The van der Waals surface area contributed by atoms with E-state index >= 15 is 0 Å². The fourth-order valence-electron chi connectivity index (χ4n) is 16.0. The van der Waals surface area contributed by atoms with Crippen LogP contribution in [0.2, 0.25) is 0 Å². The van der Waals surface area contributed by atoms with Crippen LogP contribution in [0, 0.1) is 30.3 Å². The number of rotatable bonds is 39. The van der Waals surface area contributed by atoms with E-state index in [-0.39, 0.29) is 90.5 Å². The van der Waals surface area contributed by atoms with Crippen molar-refractivity contribution in [3.8, 4) is 33.4 Å². The lowest BCUT2D eigenvalue weighted by molar-refractivity contribution is -0.138. The fourth-order valence-corrected chi connectivity index (χ4v) is 18.9. The summed E-state index contributed by atoms with van der Waals surface area (Å²) >= 11 is 3.29. The maximum absolute atomic E-state index is 14.5. The molecule has 0 saturated carbocycles. The molecule has 3 aliphatic carbocycles. The Labute approximate surface area is 872 Å². The van der Waals surface area contributed by atoms with Crippen LogP contribution in [0.15, 0.2) is 242 Å². The third-order valence-corrected chi connectivity index (χ3v) is 26.8. The lowest BCUT2D eigenvalue weighted by Gasteiger charge is -2.28. The Kier molecular flexibility index (Phi) is 27.8. The second-order valence-electron chi connectivity index (χ2n) is 33.1. The predicted molar refractivity (Wildman–Crippen MR) is 539 cm³/mol. The lowest BCUT2D eigenvalue weighted by Crippen LogP contribution is -2.40. The summed E-state index contributed by atoms with van der Waals surface area (Å²) in [6, 6.07) is 33.3. The van der Waals surface area contributed by atoms with Crippen LogP contribution in [0.1, 0.15) is 184 Å². The smallest absolute Gasteiger partial charge is 0.336 e. The summed E-state index contributed by atoms with van der Waals surface area (Å²) in [5, 5.41) is 0.331. The number of fused-ring (bicyclic) bond motifs is 3. The van der Waals surface area contributed by atoms with Crippen molar-refractivity contribution in [3.63, 3.8) is 0 Å². The zero-order valence-corrected chi connectivity index (χ0v) is 81.5. The highest BCUT2D eigenvalue weighted by atomic mass is 32.2. The SMILES string of the molecule is [2H]C([2H])(C)N(CCN(Cc1ccc(-c2ccc(C(F)(F)F)cc2)cc1)C(=O)Cn1c(SCc2ccc(F)cc2)nc(=O)c2c1C([2H])([2H])C([2H])(C)C2([2H])[2H])C([2H])([2H])C.[2H]C([2H])(C)N(CCN(Cc1ccc(-c2ccc(C(F)(F)F)cc2)cc1)C(=O)Cn1c(SCc2ccc(F)cc2)nc(=O)c2c1CCC2)C([2H])([2H])C.[2H]c1c([2H])c(-c2c([2H])c([2H])c(C(F)(F)F)c(C)c2[2H])c([2H])c([2H])c1CN(CCN(C([2H])([2H])C)C([2H])([2H])C)C(=O)Cn1c(SCc2ccc(F)cc2)nc(=O)c2c1CCC2. The highest BCUT2D eigenvalue weighted by molar-refractivity contribution is 7.98. The number of thioether (sulfide) groups is 3. The van der Waals surface area contributed by atoms with Crippen molar-refractivity contribution < 1.29 is 100.0 Å². The summed E-state index contributed by atoms with van der Waals surface area (Å²) in [5.41, 5.74) is -0.968. The van der Waals surface area contributed by atoms with Gasteiger partial charge in [-0.25, -0.2) is 13.2 Å². The van der Waals surface area contributed by atoms with E-state index in [9.17, 15) is 81.5 Å². The van der Waals surface area contributed by atoms with Gasteiger partial charge in [-0.3, -0.25) is 28.8 Å². The van der Waals surface area contributed by atoms with Crippen LogP contribution in [0.3, 0.4) is 0 Å². The largest absolute Gasteiger partial charge is 0.416 e. The zero-order valence-electron chi connectivity index (χ0n) is 103. The predicted octanol–water partition coefficient (Wildman–Crippen LogP) is 22.2. The van der Waals surface area contributed by atoms with Gasteiger partial charge in [-0.1, -0.05) is 229 Å². The van der Waals surface area contributed by atoms with Gasteiger partial charge in [0.2, 0.25) is 17.7 Å². The first-order valence-electron chi connectivity index (χ1n) is 57.3. The molecule has 0 aliphatic heterocycles. The monoisotopic (exact) mass is 2050 g/mol. The van der Waals surface area contributed by atoms with Gasteiger partial charge in [0.1, 0.15) is 37.1 Å². The van der Waals surface area contributed by atoms with E-state index in [4.69, 9.17) is 32.9 Å². The van der Waals surface area contributed by atoms with E-state index in [1.165, 1.54) is 108 Å². The number of likely N-dealkylation sites (N-methyl/N-ethyl adjacent to an activating group) is 3. The third-order valence-electron chi connectivity index (χ3n) is 23.7. The van der Waals surface area contributed by atoms with E-state index in [0.717, 1.165) is 131 Å². The van der Waals surface area contributed by atoms with Gasteiger partial charge in [0.05, 0.1) is 26.3 Å². The van der Waals surface area contributed by atoms with Gasteiger partial charge in [-0.2, -0.15) is 54.5 Å². The Hall–Kier alpha value is -11.9. The molecule has 0 spiro atoms. The number of aromatic nitrogens is 6. The van der Waals surface area contributed by atoms with Gasteiger partial charge < -0.3 is 43.1 Å². The second kappa shape index (κ2) is 50.1. The Bertz CT molecular complexity index is 7750. The summed E-state index contributed by atoms with van der Waals surface area (Å²) < 4.78 is 368. The van der Waals surface area contributed by atoms with Crippen LogP contribution in [0.5, 0.6) is 0 Å². The fraction of sp³-hybridized carbons (Fsp3) is 0.373. The minimum absolute atomic E-state index is 0.0337. The maximum atomic E-state index is 14.5. The normalized spacial score (nSPS) is 17.6. The van der Waals surface area contributed by atoms with Crippen LogP contribution in [-0.4, -0.2) is 154 Å². The molecule has 33 heteroatoms. The van der Waals surface area contributed by atoms with Crippen LogP contribution in [0.4, 0.5) is 52.7 Å². The molecule has 756 valence electrons. The van der Waals surface area contributed by atoms with E-state index < -0.39 is 230 Å². The van der Waals surface area contributed by atoms with Gasteiger partial charge in [-0.15, -0.1) is 0 Å². The molecule has 3 aromatic heterocycles. The Balaban J connectivity index is 0.000000206. The number of alkyl halides is 9. The molecule has 3 heterocycles. The topological polar surface area (TPSA) is 175 Å². The first-order chi connectivity index (χ1) is 77.3. The summed E-state index contributed by atoms with van der Waals surface area (Å²) in [6.07, 6.45) is -16.5. The third kappa shape index (κ3) is 29.5. The molecule has 12 aromatic rings. The molecule has 1 unspecified atom stereocenters. The maximum Gasteiger partial charge on any atom is 0.416 e. The average molecular weight is 2050 g/mol. The molecular formula is C110H118F12N12O6S3. The lowest BCUT2D eigenvalue weighted by atomic mass is 9.98. The van der Waals surface area contributed by atoms with Crippen molar-refractivity contribution in [2.75, 3.05) is 78.2 Å². The molecule has 18 nitrogen and oxygen atoms in total. The highest BCUT2D eigenvalue weighted by Gasteiger charge is 2.36. The molecular weight excluding hydrogens is 1910 g/mol. The molecule has 15 rings (SSSR count). The quantitative estimate of drug-likeness (QED) is 0.0202. The second-order valence-corrected chi connectivity index (χ2v) is 36.0. The van der Waals surface area contributed by atoms with Crippen molar-refractivity contribution in [2.45, 2.75) is 197 Å². The van der Waals surface area contributed by atoms with Crippen molar-refractivity contribution in [1.29, 1.82) is 0 Å². The Morgan fingerprint density at radius 2 is 0.692 bits per heavy atom. The van der Waals surface area contributed by atoms with Crippen molar-refractivity contribution >= 4 is 53.0 Å². The average Bonchev–Trinajstić information content (AvgIpc) is 1.52. The van der Waals surface area contributed by atoms with Gasteiger partial charge in [0.25, 0.3) is 16.7 Å². The molecule has 0 N–H and O–H groups in total. The number of hydrogen-bond donors (Lipinski definition) is 0. The first kappa shape index (κ1) is 79.5. The van der Waals surface area contributed by atoms with Gasteiger partial charge in [0, 0.05) is 133 Å². The number of halogens is 12. The van der Waals surface area contributed by atoms with E-state index in [1.807, 2.05) is 0 Å². The Morgan fingerprint density at radius 1 is 0.385 bits per heavy atom. The molecule has 1 atom stereocenters. The number of nitrogens with zero attached hydrogens (tertiary/aromatic N) is 12. The number of carbonyl (C=O) groups is 3. The minimum Gasteiger partial charge on any atom is -0.336 e. The summed E-state index contributed by atoms with van der Waals surface area (Å²) in [4.78, 5) is 102. The number of carbonyl (C=O) groups excluding carboxylic acids is 3. The molecule has 0 fully saturated rings. The standard InChI is InChI=1S/2C37H40F4N4O2S.C36H38F4N4O2S/c1-4-43(5-2)18-19-44(22-26-6-10-28(11-7-26)29-12-14-30(15-13-29)37(39,40)41)34(46)23-45-33-21-25(3)20-32(33)35(47)42-36(45)48-24-27-8-16-31(38)17-9-27;1-4-43(5-2)19-20-44(22-26-9-13-28(14-10-26)29-15-18-32(25(3)21-29)37(39,40)41)34(46)23-45-33-8-6-7-31(33)35(47)42-36(45)48-24-27-11-16-30(38)17-12-27;1-3-42(4-2)20-21-43(22-25-8-12-27(13-9-25)28-14-16-29(17-15-28)36(38,39)40)33(45)23-44-32-7-5-6-31(32)34(46)41-35(44)47-24-26-10-18-30(37)19-11-26/h6-17,25H,4-5,18-24H2,1-3H3;9-18,21H,4-8,19-20,22-24H2,1-3H3;8-19H,3-7,20-24H2,1-2H3/i4D2,5D2,20D2,21D2,25D;4D2,5D2,9D,10D,13D,14D,15D,18D,21D;3D2,4D2. The highest BCUT2D eigenvalue weighted by Crippen LogP contribution is 2.39. The van der Waals surface area contributed by atoms with Crippen molar-refractivity contribution in [3.05, 3.63) is 350 Å². The number of amides is 3. The number of hydrogen-bond acceptors (Lipinski definition) is 15. The molecule has 0 radical (unpaired) electrons. The zero-order chi connectivity index (χ0) is 124. The van der Waals surface area contributed by atoms with Crippen LogP contribution in [-0.2, 0) is 128 Å². The van der Waals surface area contributed by atoms with E-state index in [0.29, 0.717) is 104 Å². The summed E-state index contributed by atoms with van der Waals surface area (Å²) in [7, 11) is 0. The molecule has 0 bridgehead atoms. The van der Waals surface area contributed by atoms with Gasteiger partial charge in [0.15, 0.2) is 15.5 Å². The van der Waals surface area contributed by atoms with Crippen molar-refractivity contribution in [2.24, 2.45) is 5.89 Å². The molecule has 3 aliphatic rings. The first-order valence-corrected chi connectivity index (χ1v) is 48.3. The number of benzene rings is 9. The molecule has 0 saturated heterocycles. The van der Waals surface area contributed by atoms with E-state index in [1.54, 1.807) is 81.9 Å². The van der Waals surface area contributed by atoms with Gasteiger partial charge in [-0.05, 0) is 242 Å². The molecule has 143 heavy (non-hydrogen) atoms. The summed E-state index contributed by atoms with van der Waals surface area (Å²) in [5.74, 6) is -4.97. The Morgan fingerprint density at radius 3 is 1.02 bits per heavy atom. The van der Waals surface area contributed by atoms with Gasteiger partial charge >= 0.3 is 18.5 Å². The van der Waals surface area contributed by atoms with Crippen molar-refractivity contribution in [1.82, 2.24) is 58.1 Å². The minimum atomic E-state index is -5.10. The molecule has 3 amide bonds. The molecule has 9 aromatic carbocycles. The summed E-state index contributed by atoms with van der Waals surface area (Å²) in [6.45, 7) is -7.64. The van der Waals surface area contributed by atoms with Crippen LogP contribution < -0.4 is 16.7 Å².